The molecule has 0 spiro atoms. The highest BCUT2D eigenvalue weighted by Gasteiger charge is 2.32. The summed E-state index contributed by atoms with van der Waals surface area (Å²) < 4.78 is 7.98. The fourth-order valence-corrected chi connectivity index (χ4v) is 2.56. The minimum atomic E-state index is -0.375. The van der Waals surface area contributed by atoms with Crippen molar-refractivity contribution in [2.24, 2.45) is 0 Å². The molecule has 2 N–H and O–H groups in total. The summed E-state index contributed by atoms with van der Waals surface area (Å²) in [6.45, 7) is 1.34. The molecule has 0 unspecified atom stereocenters. The number of anilines is 1. The van der Waals surface area contributed by atoms with Gasteiger partial charge >= 0.3 is 0 Å². The van der Waals surface area contributed by atoms with Crippen molar-refractivity contribution in [1.82, 2.24) is 14.6 Å². The van der Waals surface area contributed by atoms with Crippen molar-refractivity contribution in [3.05, 3.63) is 22.8 Å². The third-order valence-electron chi connectivity index (χ3n) is 3.42. The van der Waals surface area contributed by atoms with Crippen molar-refractivity contribution >= 4 is 27.5 Å². The number of halogens is 1. The highest BCUT2D eigenvalue weighted by molar-refractivity contribution is 9.10. The van der Waals surface area contributed by atoms with Crippen molar-refractivity contribution in [3.63, 3.8) is 0 Å². The lowest BCUT2D eigenvalue weighted by Gasteiger charge is -2.35. The second kappa shape index (κ2) is 5.07. The minimum Gasteiger partial charge on any atom is -0.394 e. The molecule has 3 heterocycles. The highest BCUT2D eigenvalue weighted by Crippen LogP contribution is 2.24. The number of nitrogens with one attached hydrogen (secondary N) is 1. The molecule has 0 aliphatic carbocycles. The quantitative estimate of drug-likeness (QED) is 0.893. The lowest BCUT2D eigenvalue weighted by molar-refractivity contribution is 0.0377. The van der Waals surface area contributed by atoms with E-state index < -0.39 is 0 Å². The van der Waals surface area contributed by atoms with Gasteiger partial charge in [0.25, 0.3) is 0 Å². The van der Waals surface area contributed by atoms with Crippen LogP contribution in [0.5, 0.6) is 0 Å². The number of aliphatic hydroxyl groups excluding tert-OH is 1. The normalized spacial score (nSPS) is 18.6. The van der Waals surface area contributed by atoms with Gasteiger partial charge < -0.3 is 15.2 Å². The van der Waals surface area contributed by atoms with Crippen LogP contribution in [0.2, 0.25) is 0 Å². The van der Waals surface area contributed by atoms with E-state index in [2.05, 4.69) is 31.3 Å². The zero-order valence-corrected chi connectivity index (χ0v) is 11.9. The summed E-state index contributed by atoms with van der Waals surface area (Å²) in [5.41, 5.74) is 0.395. The zero-order valence-electron chi connectivity index (χ0n) is 10.3. The van der Waals surface area contributed by atoms with Gasteiger partial charge in [-0.05, 0) is 40.9 Å². The van der Waals surface area contributed by atoms with E-state index in [4.69, 9.17) is 4.74 Å². The van der Waals surface area contributed by atoms with Crippen molar-refractivity contribution in [3.8, 4) is 0 Å². The number of aromatic nitrogens is 3. The van der Waals surface area contributed by atoms with Crippen LogP contribution in [0.1, 0.15) is 12.8 Å². The predicted molar refractivity (Wildman–Crippen MR) is 74.2 cm³/mol. The molecular weight excluding hydrogens is 312 g/mol. The van der Waals surface area contributed by atoms with Gasteiger partial charge in [-0.2, -0.15) is 4.98 Å². The van der Waals surface area contributed by atoms with Crippen LogP contribution in [-0.4, -0.2) is 45.1 Å². The molecule has 1 saturated heterocycles. The van der Waals surface area contributed by atoms with Gasteiger partial charge in [0.2, 0.25) is 5.95 Å². The number of nitrogens with zero attached hydrogens (tertiary/aromatic N) is 3. The smallest absolute Gasteiger partial charge is 0.243 e. The molecule has 2 aromatic heterocycles. The molecule has 2 aromatic rings. The van der Waals surface area contributed by atoms with Gasteiger partial charge in [0.15, 0.2) is 5.65 Å². The Morgan fingerprint density at radius 3 is 2.95 bits per heavy atom. The van der Waals surface area contributed by atoms with E-state index in [0.29, 0.717) is 19.2 Å². The standard InChI is InChI=1S/C12H15BrN4O2/c13-9-1-2-10-14-11(16-17(10)7-9)15-12(8-18)3-5-19-6-4-12/h1-2,7,18H,3-6,8H2,(H,15,16). The Bertz CT molecular complexity index is 580. The Labute approximate surface area is 118 Å². The molecule has 7 heteroatoms. The Hall–Kier alpha value is -1.18. The second-order valence-corrected chi connectivity index (χ2v) is 5.68. The van der Waals surface area contributed by atoms with Crippen LogP contribution in [0.4, 0.5) is 5.95 Å². The predicted octanol–water partition coefficient (Wildman–Crippen LogP) is 1.45. The topological polar surface area (TPSA) is 71.7 Å². The first-order chi connectivity index (χ1) is 9.21. The van der Waals surface area contributed by atoms with E-state index >= 15 is 0 Å². The molecule has 6 nitrogen and oxygen atoms in total. The van der Waals surface area contributed by atoms with E-state index in [9.17, 15) is 5.11 Å². The summed E-state index contributed by atoms with van der Waals surface area (Å²) in [5, 5.41) is 17.3. The Morgan fingerprint density at radius 1 is 1.42 bits per heavy atom. The number of pyridine rings is 1. The van der Waals surface area contributed by atoms with E-state index in [-0.39, 0.29) is 12.1 Å². The van der Waals surface area contributed by atoms with Crippen molar-refractivity contribution in [2.75, 3.05) is 25.1 Å². The van der Waals surface area contributed by atoms with Gasteiger partial charge in [0.1, 0.15) is 0 Å². The molecule has 0 atom stereocenters. The van der Waals surface area contributed by atoms with Crippen LogP contribution in [0.25, 0.3) is 5.65 Å². The van der Waals surface area contributed by atoms with Gasteiger partial charge in [-0.3, -0.25) is 0 Å². The summed E-state index contributed by atoms with van der Waals surface area (Å²) in [4.78, 5) is 4.41. The Balaban J connectivity index is 1.87. The molecule has 1 aliphatic rings. The molecule has 19 heavy (non-hydrogen) atoms. The third kappa shape index (κ3) is 2.58. The minimum absolute atomic E-state index is 0.0512. The largest absolute Gasteiger partial charge is 0.394 e. The van der Waals surface area contributed by atoms with Crippen LogP contribution in [0, 0.1) is 0 Å². The molecule has 1 fully saturated rings. The first-order valence-electron chi connectivity index (χ1n) is 6.20. The van der Waals surface area contributed by atoms with Gasteiger partial charge in [0.05, 0.1) is 12.1 Å². The molecule has 3 rings (SSSR count). The van der Waals surface area contributed by atoms with Crippen LogP contribution in [0.3, 0.4) is 0 Å². The fourth-order valence-electron chi connectivity index (χ4n) is 2.23. The summed E-state index contributed by atoms with van der Waals surface area (Å²) in [6.07, 6.45) is 3.36. The maximum Gasteiger partial charge on any atom is 0.243 e. The number of ether oxygens (including phenoxy) is 1. The molecule has 0 amide bonds. The molecular formula is C12H15BrN4O2. The van der Waals surface area contributed by atoms with Crippen molar-refractivity contribution in [1.29, 1.82) is 0 Å². The maximum absolute atomic E-state index is 9.63. The first-order valence-corrected chi connectivity index (χ1v) is 6.99. The second-order valence-electron chi connectivity index (χ2n) is 4.76. The highest BCUT2D eigenvalue weighted by atomic mass is 79.9. The van der Waals surface area contributed by atoms with Crippen molar-refractivity contribution in [2.45, 2.75) is 18.4 Å². The summed E-state index contributed by atoms with van der Waals surface area (Å²) in [5.74, 6) is 0.536. The summed E-state index contributed by atoms with van der Waals surface area (Å²) in [6, 6.07) is 3.81. The van der Waals surface area contributed by atoms with Gasteiger partial charge in [0, 0.05) is 23.9 Å². The summed E-state index contributed by atoms with van der Waals surface area (Å²) in [7, 11) is 0. The average molecular weight is 327 g/mol. The molecule has 1 aliphatic heterocycles. The fraction of sp³-hybridized carbons (Fsp3) is 0.500. The average Bonchev–Trinajstić information content (AvgIpc) is 2.81. The maximum atomic E-state index is 9.63. The number of rotatable bonds is 3. The van der Waals surface area contributed by atoms with Crippen LogP contribution in [-0.2, 0) is 4.74 Å². The molecule has 0 aromatic carbocycles. The van der Waals surface area contributed by atoms with E-state index in [1.165, 1.54) is 0 Å². The van der Waals surface area contributed by atoms with Gasteiger partial charge in [-0.1, -0.05) is 0 Å². The van der Waals surface area contributed by atoms with Crippen LogP contribution >= 0.6 is 15.9 Å². The number of hydrogen-bond acceptors (Lipinski definition) is 5. The lowest BCUT2D eigenvalue weighted by Crippen LogP contribution is -2.47. The third-order valence-corrected chi connectivity index (χ3v) is 3.89. The lowest BCUT2D eigenvalue weighted by atomic mass is 9.91. The number of aliphatic hydroxyl groups is 1. The number of fused-ring (bicyclic) bond motifs is 1. The Kier molecular flexibility index (Phi) is 3.42. The van der Waals surface area contributed by atoms with Gasteiger partial charge in [-0.15, -0.1) is 5.10 Å². The number of hydrogen-bond donors (Lipinski definition) is 2. The Morgan fingerprint density at radius 2 is 2.21 bits per heavy atom. The van der Waals surface area contributed by atoms with E-state index in [1.807, 2.05) is 18.3 Å². The van der Waals surface area contributed by atoms with Crippen LogP contribution in [0.15, 0.2) is 22.8 Å². The molecule has 0 radical (unpaired) electrons. The zero-order chi connectivity index (χ0) is 13.3. The van der Waals surface area contributed by atoms with Crippen molar-refractivity contribution < 1.29 is 9.84 Å². The monoisotopic (exact) mass is 326 g/mol. The molecule has 0 saturated carbocycles. The SMILES string of the molecule is OCC1(Nc2nc3ccc(Br)cn3n2)CCOCC1. The molecule has 0 bridgehead atoms. The summed E-state index contributed by atoms with van der Waals surface area (Å²) >= 11 is 3.40. The van der Waals surface area contributed by atoms with E-state index in [0.717, 1.165) is 23.0 Å². The molecule has 102 valence electrons. The van der Waals surface area contributed by atoms with Gasteiger partial charge in [-0.25, -0.2) is 4.52 Å². The van der Waals surface area contributed by atoms with Crippen LogP contribution < -0.4 is 5.32 Å². The first kappa shape index (κ1) is 12.8. The van der Waals surface area contributed by atoms with E-state index in [1.54, 1.807) is 4.52 Å².